The molecule has 0 aliphatic heterocycles. The highest BCUT2D eigenvalue weighted by Gasteiger charge is 2.17. The Labute approximate surface area is 148 Å². The summed E-state index contributed by atoms with van der Waals surface area (Å²) in [6.07, 6.45) is 1.41. The van der Waals surface area contributed by atoms with Gasteiger partial charge in [-0.25, -0.2) is 9.37 Å². The van der Waals surface area contributed by atoms with E-state index in [4.69, 9.17) is 0 Å². The topological polar surface area (TPSA) is 55.2 Å². The van der Waals surface area contributed by atoms with Gasteiger partial charge in [-0.2, -0.15) is 0 Å². The van der Waals surface area contributed by atoms with Crippen LogP contribution in [0.3, 0.4) is 0 Å². The fourth-order valence-corrected chi connectivity index (χ4v) is 3.73. The minimum absolute atomic E-state index is 0.110. The van der Waals surface area contributed by atoms with Crippen LogP contribution >= 0.6 is 11.3 Å². The first kappa shape index (κ1) is 17.3. The van der Waals surface area contributed by atoms with Gasteiger partial charge in [-0.1, -0.05) is 0 Å². The zero-order valence-corrected chi connectivity index (χ0v) is 15.1. The van der Waals surface area contributed by atoms with Crippen molar-refractivity contribution in [1.82, 2.24) is 9.55 Å². The Morgan fingerprint density at radius 2 is 1.96 bits per heavy atom. The summed E-state index contributed by atoms with van der Waals surface area (Å²) in [6.45, 7) is 5.98. The van der Waals surface area contributed by atoms with Gasteiger partial charge in [-0.05, 0) is 50.6 Å². The number of rotatable bonds is 4. The summed E-state index contributed by atoms with van der Waals surface area (Å²) in [6, 6.07) is 5.71. The molecule has 0 spiro atoms. The summed E-state index contributed by atoms with van der Waals surface area (Å²) in [7, 11) is 0. The molecule has 0 unspecified atom stereocenters. The van der Waals surface area contributed by atoms with Crippen LogP contribution in [-0.4, -0.2) is 22.0 Å². The molecule has 0 bridgehead atoms. The highest BCUT2D eigenvalue weighted by molar-refractivity contribution is 7.18. The van der Waals surface area contributed by atoms with Crippen LogP contribution in [0.15, 0.2) is 35.4 Å². The molecule has 0 radical (unpaired) electrons. The monoisotopic (exact) mass is 359 g/mol. The zero-order chi connectivity index (χ0) is 18.1. The Hall–Kier alpha value is -2.54. The number of hydrogen-bond acceptors (Lipinski definition) is 4. The number of nitrogens with zero attached hydrogens (tertiary/aromatic N) is 3. The molecule has 0 fully saturated rings. The molecule has 0 aliphatic rings. The number of halogens is 1. The quantitative estimate of drug-likeness (QED) is 0.718. The van der Waals surface area contributed by atoms with E-state index in [1.165, 1.54) is 39.3 Å². The fraction of sp³-hybridized carbons (Fsp3) is 0.278. The van der Waals surface area contributed by atoms with E-state index in [0.717, 1.165) is 10.4 Å². The van der Waals surface area contributed by atoms with Crippen molar-refractivity contribution in [3.8, 4) is 0 Å². The van der Waals surface area contributed by atoms with E-state index < -0.39 is 0 Å². The van der Waals surface area contributed by atoms with Gasteiger partial charge in [0.05, 0.1) is 11.7 Å². The third-order valence-corrected chi connectivity index (χ3v) is 5.33. The van der Waals surface area contributed by atoms with Gasteiger partial charge in [0.1, 0.15) is 17.2 Å². The number of thiophene rings is 1. The number of fused-ring (bicyclic) bond motifs is 1. The van der Waals surface area contributed by atoms with Crippen molar-refractivity contribution in [2.75, 3.05) is 11.4 Å². The van der Waals surface area contributed by atoms with E-state index in [2.05, 4.69) is 4.98 Å². The summed E-state index contributed by atoms with van der Waals surface area (Å²) in [5.41, 5.74) is 1.29. The van der Waals surface area contributed by atoms with Gasteiger partial charge in [0, 0.05) is 17.1 Å². The number of carbonyl (C=O) groups is 1. The number of aryl methyl sites for hydroxylation is 2. The summed E-state index contributed by atoms with van der Waals surface area (Å²) >= 11 is 1.47. The van der Waals surface area contributed by atoms with Gasteiger partial charge in [0.2, 0.25) is 5.91 Å². The zero-order valence-electron chi connectivity index (χ0n) is 14.2. The Kier molecular flexibility index (Phi) is 4.67. The maximum atomic E-state index is 13.1. The molecule has 0 saturated heterocycles. The first-order valence-electron chi connectivity index (χ1n) is 7.93. The maximum Gasteiger partial charge on any atom is 0.262 e. The maximum absolute atomic E-state index is 13.1. The van der Waals surface area contributed by atoms with Crippen LogP contribution in [0.1, 0.15) is 17.4 Å². The van der Waals surface area contributed by atoms with E-state index in [1.54, 1.807) is 12.1 Å². The molecule has 0 atom stereocenters. The highest BCUT2D eigenvalue weighted by atomic mass is 32.1. The van der Waals surface area contributed by atoms with Gasteiger partial charge in [-0.15, -0.1) is 11.3 Å². The van der Waals surface area contributed by atoms with Crippen LogP contribution in [0.4, 0.5) is 10.1 Å². The lowest BCUT2D eigenvalue weighted by molar-refractivity contribution is -0.119. The largest absolute Gasteiger partial charge is 0.311 e. The lowest BCUT2D eigenvalue weighted by atomic mass is 10.2. The lowest BCUT2D eigenvalue weighted by Gasteiger charge is -2.21. The third kappa shape index (κ3) is 3.19. The van der Waals surface area contributed by atoms with Crippen molar-refractivity contribution in [3.63, 3.8) is 0 Å². The van der Waals surface area contributed by atoms with Gasteiger partial charge in [0.15, 0.2) is 0 Å². The van der Waals surface area contributed by atoms with Gasteiger partial charge in [-0.3, -0.25) is 14.2 Å². The van der Waals surface area contributed by atoms with E-state index in [-0.39, 0.29) is 23.8 Å². The number of hydrogen-bond donors (Lipinski definition) is 0. The average molecular weight is 359 g/mol. The second-order valence-electron chi connectivity index (χ2n) is 5.76. The minimum Gasteiger partial charge on any atom is -0.311 e. The second-order valence-corrected chi connectivity index (χ2v) is 6.96. The first-order valence-corrected chi connectivity index (χ1v) is 8.75. The normalized spacial score (nSPS) is 11.0. The Morgan fingerprint density at radius 3 is 2.60 bits per heavy atom. The molecule has 0 N–H and O–H groups in total. The Balaban J connectivity index is 1.93. The van der Waals surface area contributed by atoms with Crippen LogP contribution in [0.5, 0.6) is 0 Å². The standard InChI is InChI=1S/C18H18FN3O2S/c1-4-22(14-7-5-13(19)6-8-14)15(23)9-21-10-20-17-16(18(21)24)11(2)12(3)25-17/h5-8,10H,4,9H2,1-3H3. The lowest BCUT2D eigenvalue weighted by Crippen LogP contribution is -2.36. The van der Waals surface area contributed by atoms with Crippen LogP contribution in [-0.2, 0) is 11.3 Å². The minimum atomic E-state index is -0.360. The van der Waals surface area contributed by atoms with Crippen molar-refractivity contribution < 1.29 is 9.18 Å². The molecular weight excluding hydrogens is 341 g/mol. The van der Waals surface area contributed by atoms with Crippen LogP contribution in [0, 0.1) is 19.7 Å². The SMILES string of the molecule is CCN(C(=O)Cn1cnc2sc(C)c(C)c2c1=O)c1ccc(F)cc1. The molecule has 5 nitrogen and oxygen atoms in total. The summed E-state index contributed by atoms with van der Waals surface area (Å²) < 4.78 is 14.4. The van der Waals surface area contributed by atoms with Gasteiger partial charge < -0.3 is 4.90 Å². The third-order valence-electron chi connectivity index (χ3n) is 4.22. The molecule has 25 heavy (non-hydrogen) atoms. The predicted molar refractivity (Wildman–Crippen MR) is 97.8 cm³/mol. The number of aromatic nitrogens is 2. The van der Waals surface area contributed by atoms with Crippen molar-refractivity contribution in [2.45, 2.75) is 27.3 Å². The summed E-state index contributed by atoms with van der Waals surface area (Å²) in [5, 5.41) is 0.572. The molecule has 7 heteroatoms. The van der Waals surface area contributed by atoms with E-state index in [0.29, 0.717) is 22.4 Å². The fourth-order valence-electron chi connectivity index (χ4n) is 2.74. The number of likely N-dealkylation sites (N-methyl/N-ethyl adjacent to an activating group) is 1. The first-order chi connectivity index (χ1) is 11.9. The van der Waals surface area contributed by atoms with E-state index in [9.17, 15) is 14.0 Å². The number of carbonyl (C=O) groups excluding carboxylic acids is 1. The van der Waals surface area contributed by atoms with Crippen molar-refractivity contribution >= 4 is 33.1 Å². The van der Waals surface area contributed by atoms with Crippen LogP contribution in [0.2, 0.25) is 0 Å². The number of benzene rings is 1. The molecule has 1 amide bonds. The van der Waals surface area contributed by atoms with E-state index in [1.807, 2.05) is 20.8 Å². The molecule has 0 saturated carbocycles. The molecule has 3 rings (SSSR count). The molecule has 3 aromatic rings. The molecule has 1 aromatic carbocycles. The highest BCUT2D eigenvalue weighted by Crippen LogP contribution is 2.25. The number of anilines is 1. The summed E-state index contributed by atoms with van der Waals surface area (Å²) in [5.74, 6) is -0.608. The molecule has 0 aliphatic carbocycles. The van der Waals surface area contributed by atoms with Gasteiger partial charge in [0.25, 0.3) is 5.56 Å². The van der Waals surface area contributed by atoms with Crippen molar-refractivity contribution in [2.24, 2.45) is 0 Å². The predicted octanol–water partition coefficient (Wildman–Crippen LogP) is 3.27. The molecule has 2 aromatic heterocycles. The number of amides is 1. The Bertz CT molecular complexity index is 992. The summed E-state index contributed by atoms with van der Waals surface area (Å²) in [4.78, 5) is 32.9. The van der Waals surface area contributed by atoms with Crippen molar-refractivity contribution in [3.05, 3.63) is 57.2 Å². The van der Waals surface area contributed by atoms with Crippen LogP contribution < -0.4 is 10.5 Å². The van der Waals surface area contributed by atoms with Crippen molar-refractivity contribution in [1.29, 1.82) is 0 Å². The average Bonchev–Trinajstić information content (AvgIpc) is 2.88. The van der Waals surface area contributed by atoms with Gasteiger partial charge >= 0.3 is 0 Å². The molecular formula is C18H18FN3O2S. The van der Waals surface area contributed by atoms with Crippen LogP contribution in [0.25, 0.3) is 10.2 Å². The molecule has 130 valence electrons. The second kappa shape index (κ2) is 6.76. The van der Waals surface area contributed by atoms with E-state index >= 15 is 0 Å². The Morgan fingerprint density at radius 1 is 1.28 bits per heavy atom. The molecule has 2 heterocycles. The smallest absolute Gasteiger partial charge is 0.262 e.